The molecule has 2 rings (SSSR count). The smallest absolute Gasteiger partial charge is 0.357 e. The van der Waals surface area contributed by atoms with Gasteiger partial charge in [0.25, 0.3) is 0 Å². The number of guanidine groups is 1. The fourth-order valence-electron chi connectivity index (χ4n) is 2.88. The largest absolute Gasteiger partial charge is 0.511 e. The van der Waals surface area contributed by atoms with E-state index >= 15 is 0 Å². The number of hydrogen-bond acceptors (Lipinski definition) is 3. The number of hydrogen-bond donors (Lipinski definition) is 2. The number of piperidine rings is 1. The summed E-state index contributed by atoms with van der Waals surface area (Å²) in [6, 6.07) is 4.50. The quantitative estimate of drug-likeness (QED) is 0.433. The normalized spacial score (nSPS) is 17.6. The zero-order valence-corrected chi connectivity index (χ0v) is 16.5. The third kappa shape index (κ3) is 5.57. The van der Waals surface area contributed by atoms with Gasteiger partial charge in [-0.25, -0.2) is 17.8 Å². The maximum atomic E-state index is 13.3. The molecule has 0 spiro atoms. The molecule has 0 atom stereocenters. The molecule has 2 N–H and O–H groups in total. The standard InChI is InChI=1S/C17H24F4N4O2S/c1-3-22-16(23-11-13-4-5-15(18)12(2)10-13)24-14-6-8-25(9-7-14)28(26,27)17(19,20)21/h4-5,10,14H,3,6-9,11H2,1-2H3,(H2,22,23,24). The van der Waals surface area contributed by atoms with E-state index in [-0.39, 0.29) is 37.8 Å². The van der Waals surface area contributed by atoms with Gasteiger partial charge in [-0.15, -0.1) is 0 Å². The van der Waals surface area contributed by atoms with Gasteiger partial charge in [0.2, 0.25) is 0 Å². The number of alkyl halides is 3. The number of benzene rings is 1. The van der Waals surface area contributed by atoms with E-state index in [1.54, 1.807) is 19.1 Å². The van der Waals surface area contributed by atoms with E-state index in [0.717, 1.165) is 5.56 Å². The van der Waals surface area contributed by atoms with Crippen LogP contribution in [-0.2, 0) is 16.6 Å². The molecule has 0 amide bonds. The Morgan fingerprint density at radius 1 is 1.29 bits per heavy atom. The van der Waals surface area contributed by atoms with Gasteiger partial charge in [-0.05, 0) is 43.9 Å². The van der Waals surface area contributed by atoms with E-state index in [1.807, 2.05) is 6.92 Å². The van der Waals surface area contributed by atoms with E-state index < -0.39 is 15.5 Å². The first-order valence-corrected chi connectivity index (χ1v) is 10.3. The van der Waals surface area contributed by atoms with Crippen LogP contribution in [0.15, 0.2) is 23.2 Å². The number of sulfonamides is 1. The summed E-state index contributed by atoms with van der Waals surface area (Å²) in [5.74, 6) is 0.180. The average Bonchev–Trinajstić information content (AvgIpc) is 2.62. The zero-order valence-electron chi connectivity index (χ0n) is 15.7. The minimum atomic E-state index is -5.29. The van der Waals surface area contributed by atoms with Crippen LogP contribution in [0.2, 0.25) is 0 Å². The molecule has 1 aliphatic rings. The van der Waals surface area contributed by atoms with Crippen molar-refractivity contribution in [2.45, 2.75) is 44.8 Å². The van der Waals surface area contributed by atoms with Crippen molar-refractivity contribution in [1.82, 2.24) is 14.9 Å². The number of halogens is 4. The summed E-state index contributed by atoms with van der Waals surface area (Å²) in [5, 5.41) is 6.17. The molecule has 1 saturated heterocycles. The fourth-order valence-corrected chi connectivity index (χ4v) is 3.86. The maximum absolute atomic E-state index is 13.3. The molecule has 6 nitrogen and oxygen atoms in total. The van der Waals surface area contributed by atoms with Crippen molar-refractivity contribution >= 4 is 16.0 Å². The Bertz CT molecular complexity index is 804. The number of aryl methyl sites for hydroxylation is 1. The summed E-state index contributed by atoms with van der Waals surface area (Å²) in [4.78, 5) is 4.42. The zero-order chi connectivity index (χ0) is 20.9. The Labute approximate surface area is 162 Å². The van der Waals surface area contributed by atoms with Crippen LogP contribution in [-0.4, -0.2) is 49.9 Å². The second kappa shape index (κ2) is 9.08. The highest BCUT2D eigenvalue weighted by Gasteiger charge is 2.50. The van der Waals surface area contributed by atoms with Crippen LogP contribution in [0, 0.1) is 12.7 Å². The predicted molar refractivity (Wildman–Crippen MR) is 98.7 cm³/mol. The topological polar surface area (TPSA) is 73.8 Å². The molecule has 0 radical (unpaired) electrons. The highest BCUT2D eigenvalue weighted by atomic mass is 32.2. The van der Waals surface area contributed by atoms with Gasteiger partial charge in [-0.2, -0.15) is 17.5 Å². The molecule has 0 unspecified atom stereocenters. The number of aliphatic imine (C=N–C) groups is 1. The van der Waals surface area contributed by atoms with Gasteiger partial charge in [0.15, 0.2) is 5.96 Å². The summed E-state index contributed by atoms with van der Waals surface area (Å²) in [7, 11) is -5.29. The van der Waals surface area contributed by atoms with Crippen molar-refractivity contribution in [3.63, 3.8) is 0 Å². The summed E-state index contributed by atoms with van der Waals surface area (Å²) in [6.45, 7) is 3.99. The number of nitrogens with zero attached hydrogens (tertiary/aromatic N) is 2. The average molecular weight is 424 g/mol. The number of nitrogens with one attached hydrogen (secondary N) is 2. The predicted octanol–water partition coefficient (Wildman–Crippen LogP) is 2.50. The Morgan fingerprint density at radius 3 is 2.46 bits per heavy atom. The lowest BCUT2D eigenvalue weighted by atomic mass is 10.1. The van der Waals surface area contributed by atoms with Gasteiger partial charge in [-0.3, -0.25) is 0 Å². The van der Waals surface area contributed by atoms with Crippen LogP contribution in [0.3, 0.4) is 0 Å². The van der Waals surface area contributed by atoms with Crippen LogP contribution < -0.4 is 10.6 Å². The number of rotatable bonds is 5. The molecule has 28 heavy (non-hydrogen) atoms. The van der Waals surface area contributed by atoms with Crippen molar-refractivity contribution in [2.24, 2.45) is 4.99 Å². The lowest BCUT2D eigenvalue weighted by molar-refractivity contribution is -0.0494. The molecule has 158 valence electrons. The molecule has 1 aromatic rings. The second-order valence-corrected chi connectivity index (χ2v) is 8.48. The third-order valence-electron chi connectivity index (χ3n) is 4.41. The monoisotopic (exact) mass is 424 g/mol. The van der Waals surface area contributed by atoms with Gasteiger partial charge in [0, 0.05) is 25.7 Å². The highest BCUT2D eigenvalue weighted by molar-refractivity contribution is 7.90. The van der Waals surface area contributed by atoms with E-state index in [2.05, 4.69) is 15.6 Å². The van der Waals surface area contributed by atoms with Crippen molar-refractivity contribution < 1.29 is 26.0 Å². The first kappa shape index (κ1) is 22.4. The summed E-state index contributed by atoms with van der Waals surface area (Å²) >= 11 is 0. The molecule has 0 aromatic heterocycles. The lowest BCUT2D eigenvalue weighted by Crippen LogP contribution is -2.51. The van der Waals surface area contributed by atoms with Crippen LogP contribution in [0.1, 0.15) is 30.9 Å². The molecule has 1 heterocycles. The first-order valence-electron chi connectivity index (χ1n) is 8.91. The van der Waals surface area contributed by atoms with Gasteiger partial charge in [0.05, 0.1) is 6.54 Å². The Hall–Kier alpha value is -1.88. The molecule has 1 aliphatic heterocycles. The van der Waals surface area contributed by atoms with Gasteiger partial charge in [0.1, 0.15) is 5.82 Å². The van der Waals surface area contributed by atoms with E-state index in [4.69, 9.17) is 0 Å². The molecular formula is C17H24F4N4O2S. The van der Waals surface area contributed by atoms with Gasteiger partial charge < -0.3 is 10.6 Å². The van der Waals surface area contributed by atoms with E-state index in [1.165, 1.54) is 6.07 Å². The Kier molecular flexibility index (Phi) is 7.27. The van der Waals surface area contributed by atoms with E-state index in [9.17, 15) is 26.0 Å². The molecule has 0 saturated carbocycles. The molecule has 1 aromatic carbocycles. The van der Waals surface area contributed by atoms with Gasteiger partial charge in [-0.1, -0.05) is 12.1 Å². The summed E-state index contributed by atoms with van der Waals surface area (Å²) in [5.41, 5.74) is -3.94. The minimum Gasteiger partial charge on any atom is -0.357 e. The summed E-state index contributed by atoms with van der Waals surface area (Å²) < 4.78 is 74.7. The van der Waals surface area contributed by atoms with Crippen LogP contribution in [0.5, 0.6) is 0 Å². The van der Waals surface area contributed by atoms with Crippen LogP contribution in [0.25, 0.3) is 0 Å². The van der Waals surface area contributed by atoms with Gasteiger partial charge >= 0.3 is 15.5 Å². The fraction of sp³-hybridized carbons (Fsp3) is 0.588. The SMILES string of the molecule is CCNC(=NCc1ccc(F)c(C)c1)NC1CCN(S(=O)(=O)C(F)(F)F)CC1. The van der Waals surface area contributed by atoms with Crippen molar-refractivity contribution in [2.75, 3.05) is 19.6 Å². The second-order valence-electron chi connectivity index (χ2n) is 6.55. The highest BCUT2D eigenvalue weighted by Crippen LogP contribution is 2.28. The van der Waals surface area contributed by atoms with Crippen molar-refractivity contribution in [3.8, 4) is 0 Å². The van der Waals surface area contributed by atoms with Crippen LogP contribution in [0.4, 0.5) is 17.6 Å². The molecule has 0 aliphatic carbocycles. The molecule has 1 fully saturated rings. The first-order chi connectivity index (χ1) is 13.0. The maximum Gasteiger partial charge on any atom is 0.511 e. The van der Waals surface area contributed by atoms with E-state index in [0.29, 0.717) is 28.9 Å². The summed E-state index contributed by atoms with van der Waals surface area (Å²) in [6.07, 6.45) is 0.463. The molecular weight excluding hydrogens is 400 g/mol. The third-order valence-corrected chi connectivity index (χ3v) is 6.04. The Morgan fingerprint density at radius 2 is 1.93 bits per heavy atom. The Balaban J connectivity index is 1.97. The van der Waals surface area contributed by atoms with Crippen molar-refractivity contribution in [1.29, 1.82) is 0 Å². The van der Waals surface area contributed by atoms with Crippen LogP contribution >= 0.6 is 0 Å². The molecule has 0 bridgehead atoms. The molecule has 11 heteroatoms. The lowest BCUT2D eigenvalue weighted by Gasteiger charge is -2.32. The minimum absolute atomic E-state index is 0.201. The van der Waals surface area contributed by atoms with Crippen molar-refractivity contribution in [3.05, 3.63) is 35.1 Å².